The van der Waals surface area contributed by atoms with Crippen LogP contribution in [0.15, 0.2) is 42.5 Å². The van der Waals surface area contributed by atoms with E-state index in [-0.39, 0.29) is 17.6 Å². The first-order valence-electron chi connectivity index (χ1n) is 12.7. The number of nitrogens with one attached hydrogen (secondary N) is 1. The quantitative estimate of drug-likeness (QED) is 0.489. The summed E-state index contributed by atoms with van der Waals surface area (Å²) < 4.78 is 19.9. The largest absolute Gasteiger partial charge is 0.449 e. The fourth-order valence-corrected chi connectivity index (χ4v) is 4.81. The smallest absolute Gasteiger partial charge is 0.409 e. The van der Waals surface area contributed by atoms with E-state index >= 15 is 0 Å². The van der Waals surface area contributed by atoms with E-state index in [1.54, 1.807) is 40.1 Å². The van der Waals surface area contributed by atoms with Crippen LogP contribution in [-0.4, -0.2) is 72.5 Å². The number of aromatic nitrogens is 1. The number of amides is 3. The first-order valence-corrected chi connectivity index (χ1v) is 13.0. The van der Waals surface area contributed by atoms with Gasteiger partial charge in [0.25, 0.3) is 11.8 Å². The summed E-state index contributed by atoms with van der Waals surface area (Å²) >= 11 is 6.50. The summed E-state index contributed by atoms with van der Waals surface area (Å²) in [6, 6.07) is 11.0. The van der Waals surface area contributed by atoms with Crippen LogP contribution >= 0.6 is 11.6 Å². The van der Waals surface area contributed by atoms with Gasteiger partial charge in [0, 0.05) is 49.7 Å². The van der Waals surface area contributed by atoms with Crippen molar-refractivity contribution in [2.24, 2.45) is 5.92 Å². The molecule has 0 radical (unpaired) electrons. The molecule has 1 saturated heterocycles. The van der Waals surface area contributed by atoms with Gasteiger partial charge in [-0.2, -0.15) is 0 Å². The van der Waals surface area contributed by atoms with Crippen LogP contribution in [0.4, 0.5) is 9.18 Å². The van der Waals surface area contributed by atoms with Crippen molar-refractivity contribution in [3.05, 3.63) is 64.4 Å². The van der Waals surface area contributed by atoms with Crippen molar-refractivity contribution in [2.75, 3.05) is 39.8 Å². The van der Waals surface area contributed by atoms with E-state index in [9.17, 15) is 18.8 Å². The standard InChI is InChI=1S/C28H28ClFN4O4/c1-31-26(35)21-7-4-18(14-23(21)30)24-16-22(29)20-6-5-19(15-25(20)32-24)27(36)33-9-11-34(12-10-33)28(37)38-13-8-17-2-3-17/h4-7,14-17H,2-3,8-13H2,1H3,(H,31,35). The molecule has 3 aromatic rings. The molecular weight excluding hydrogens is 511 g/mol. The predicted octanol–water partition coefficient (Wildman–Crippen LogP) is 4.75. The molecular formula is C28H28ClFN4O4. The van der Waals surface area contributed by atoms with Crippen LogP contribution in [0.2, 0.25) is 5.02 Å². The van der Waals surface area contributed by atoms with Gasteiger partial charge in [0.05, 0.1) is 28.4 Å². The molecule has 10 heteroatoms. The Hall–Kier alpha value is -3.72. The summed E-state index contributed by atoms with van der Waals surface area (Å²) in [7, 11) is 1.43. The lowest BCUT2D eigenvalue weighted by Crippen LogP contribution is -2.50. The molecule has 2 aliphatic rings. The van der Waals surface area contributed by atoms with E-state index < -0.39 is 11.7 Å². The molecule has 1 aromatic heterocycles. The highest BCUT2D eigenvalue weighted by Gasteiger charge is 2.27. The third kappa shape index (κ3) is 5.57. The van der Waals surface area contributed by atoms with Gasteiger partial charge >= 0.3 is 6.09 Å². The summed E-state index contributed by atoms with van der Waals surface area (Å²) in [6.45, 7) is 2.07. The van der Waals surface area contributed by atoms with Crippen LogP contribution < -0.4 is 5.32 Å². The van der Waals surface area contributed by atoms with Crippen LogP contribution in [0, 0.1) is 11.7 Å². The van der Waals surface area contributed by atoms with Crippen molar-refractivity contribution >= 4 is 40.4 Å². The van der Waals surface area contributed by atoms with Crippen LogP contribution in [0.25, 0.3) is 22.2 Å². The highest BCUT2D eigenvalue weighted by molar-refractivity contribution is 6.35. The van der Waals surface area contributed by atoms with Crippen LogP contribution in [0.1, 0.15) is 40.0 Å². The molecule has 0 spiro atoms. The average molecular weight is 539 g/mol. The second-order valence-electron chi connectivity index (χ2n) is 9.62. The Labute approximate surface area is 224 Å². The molecule has 2 heterocycles. The van der Waals surface area contributed by atoms with Gasteiger partial charge < -0.3 is 19.9 Å². The van der Waals surface area contributed by atoms with E-state index in [0.29, 0.717) is 71.5 Å². The summed E-state index contributed by atoms with van der Waals surface area (Å²) in [4.78, 5) is 45.3. The molecule has 0 unspecified atom stereocenters. The fourth-order valence-electron chi connectivity index (χ4n) is 4.55. The SMILES string of the molecule is CNC(=O)c1ccc(-c2cc(Cl)c3ccc(C(=O)N4CCN(C(=O)OCCC5CC5)CC4)cc3n2)cc1F. The summed E-state index contributed by atoms with van der Waals surface area (Å²) in [5, 5.41) is 3.47. The van der Waals surface area contributed by atoms with Gasteiger partial charge in [0.2, 0.25) is 0 Å². The number of halogens is 2. The fraction of sp³-hybridized carbons (Fsp3) is 0.357. The van der Waals surface area contributed by atoms with Crippen LogP contribution in [-0.2, 0) is 4.74 Å². The molecule has 5 rings (SSSR count). The predicted molar refractivity (Wildman–Crippen MR) is 142 cm³/mol. The third-order valence-electron chi connectivity index (χ3n) is 7.02. The van der Waals surface area contributed by atoms with E-state index in [1.165, 1.54) is 32.0 Å². The molecule has 2 aromatic carbocycles. The molecule has 38 heavy (non-hydrogen) atoms. The first kappa shape index (κ1) is 25.9. The lowest BCUT2D eigenvalue weighted by molar-refractivity contribution is 0.0555. The molecule has 1 aliphatic heterocycles. The Morgan fingerprint density at radius 3 is 2.47 bits per heavy atom. The van der Waals surface area contributed by atoms with Gasteiger partial charge in [-0.1, -0.05) is 36.6 Å². The monoisotopic (exact) mass is 538 g/mol. The van der Waals surface area contributed by atoms with Gasteiger partial charge in [0.1, 0.15) is 5.82 Å². The van der Waals surface area contributed by atoms with Crippen molar-refractivity contribution in [3.63, 3.8) is 0 Å². The molecule has 1 saturated carbocycles. The minimum Gasteiger partial charge on any atom is -0.449 e. The Morgan fingerprint density at radius 2 is 1.79 bits per heavy atom. The van der Waals surface area contributed by atoms with E-state index in [1.807, 2.05) is 0 Å². The van der Waals surface area contributed by atoms with Crippen molar-refractivity contribution in [1.29, 1.82) is 0 Å². The molecule has 198 valence electrons. The molecule has 1 aliphatic carbocycles. The molecule has 8 nitrogen and oxygen atoms in total. The number of carbonyl (C=O) groups excluding carboxylic acids is 3. The van der Waals surface area contributed by atoms with E-state index in [0.717, 1.165) is 6.42 Å². The maximum absolute atomic E-state index is 14.5. The van der Waals surface area contributed by atoms with Gasteiger partial charge in [-0.3, -0.25) is 9.59 Å². The Balaban J connectivity index is 1.29. The second kappa shape index (κ2) is 10.9. The number of benzene rings is 2. The number of rotatable bonds is 6. The summed E-state index contributed by atoms with van der Waals surface area (Å²) in [5.74, 6) is -0.656. The summed E-state index contributed by atoms with van der Waals surface area (Å²) in [5.41, 5.74) is 1.74. The van der Waals surface area contributed by atoms with Gasteiger partial charge in [-0.25, -0.2) is 14.2 Å². The number of hydrogen-bond acceptors (Lipinski definition) is 5. The highest BCUT2D eigenvalue weighted by Crippen LogP contribution is 2.32. The Kier molecular flexibility index (Phi) is 7.46. The van der Waals surface area contributed by atoms with Gasteiger partial charge in [-0.05, 0) is 42.7 Å². The van der Waals surface area contributed by atoms with Gasteiger partial charge in [-0.15, -0.1) is 0 Å². The molecule has 0 atom stereocenters. The highest BCUT2D eigenvalue weighted by atomic mass is 35.5. The van der Waals surface area contributed by atoms with Crippen LogP contribution in [0.5, 0.6) is 0 Å². The summed E-state index contributed by atoms with van der Waals surface area (Å²) in [6.07, 6.45) is 3.04. The number of carbonyl (C=O) groups is 3. The lowest BCUT2D eigenvalue weighted by Gasteiger charge is -2.34. The number of piperazine rings is 1. The Bertz CT molecular complexity index is 1400. The zero-order valence-electron chi connectivity index (χ0n) is 21.0. The van der Waals surface area contributed by atoms with Crippen molar-refractivity contribution in [1.82, 2.24) is 20.1 Å². The topological polar surface area (TPSA) is 91.8 Å². The van der Waals surface area contributed by atoms with Crippen molar-refractivity contribution in [2.45, 2.75) is 19.3 Å². The van der Waals surface area contributed by atoms with E-state index in [2.05, 4.69) is 10.3 Å². The third-order valence-corrected chi connectivity index (χ3v) is 7.33. The molecule has 2 fully saturated rings. The minimum absolute atomic E-state index is 0.0670. The number of nitrogens with zero attached hydrogens (tertiary/aromatic N) is 3. The number of hydrogen-bond donors (Lipinski definition) is 1. The maximum Gasteiger partial charge on any atom is 0.409 e. The van der Waals surface area contributed by atoms with E-state index in [4.69, 9.17) is 16.3 Å². The first-order chi connectivity index (χ1) is 18.3. The lowest BCUT2D eigenvalue weighted by atomic mass is 10.0. The number of ether oxygens (including phenoxy) is 1. The molecule has 3 amide bonds. The maximum atomic E-state index is 14.5. The Morgan fingerprint density at radius 1 is 1.05 bits per heavy atom. The van der Waals surface area contributed by atoms with Crippen molar-refractivity contribution in [3.8, 4) is 11.3 Å². The molecule has 1 N–H and O–H groups in total. The van der Waals surface area contributed by atoms with Gasteiger partial charge in [0.15, 0.2) is 0 Å². The number of fused-ring (bicyclic) bond motifs is 1. The number of pyridine rings is 1. The molecule has 0 bridgehead atoms. The van der Waals surface area contributed by atoms with Crippen molar-refractivity contribution < 1.29 is 23.5 Å². The normalized spacial score (nSPS) is 15.4. The zero-order valence-corrected chi connectivity index (χ0v) is 21.8. The second-order valence-corrected chi connectivity index (χ2v) is 10.0. The average Bonchev–Trinajstić information content (AvgIpc) is 3.76. The minimum atomic E-state index is -0.672. The zero-order chi connectivity index (χ0) is 26.8. The van der Waals surface area contributed by atoms with Crippen LogP contribution in [0.3, 0.4) is 0 Å².